The highest BCUT2D eigenvalue weighted by atomic mass is 32.2. The van der Waals surface area contributed by atoms with Crippen molar-refractivity contribution >= 4 is 11.8 Å². The summed E-state index contributed by atoms with van der Waals surface area (Å²) < 4.78 is 0. The maximum atomic E-state index is 3.49. The molecule has 1 aromatic carbocycles. The van der Waals surface area contributed by atoms with E-state index in [1.54, 1.807) is 0 Å². The van der Waals surface area contributed by atoms with Crippen LogP contribution in [0.5, 0.6) is 0 Å². The van der Waals surface area contributed by atoms with Crippen LogP contribution in [-0.4, -0.2) is 11.8 Å². The molecule has 1 saturated carbocycles. The lowest BCUT2D eigenvalue weighted by Gasteiger charge is -2.31. The molecule has 1 fully saturated rings. The van der Waals surface area contributed by atoms with E-state index in [4.69, 9.17) is 0 Å². The van der Waals surface area contributed by atoms with E-state index in [1.165, 1.54) is 36.1 Å². The minimum absolute atomic E-state index is 0.819. The highest BCUT2D eigenvalue weighted by molar-refractivity contribution is 8.00. The van der Waals surface area contributed by atoms with E-state index in [9.17, 15) is 0 Å². The molecule has 2 rings (SSSR count). The number of benzene rings is 1. The maximum absolute atomic E-state index is 3.49. The third-order valence-electron chi connectivity index (χ3n) is 4.51. The van der Waals surface area contributed by atoms with Crippen LogP contribution in [0.3, 0.4) is 0 Å². The van der Waals surface area contributed by atoms with Gasteiger partial charge in [0.25, 0.3) is 0 Å². The Balaban J connectivity index is 1.87. The first-order chi connectivity index (χ1) is 9.69. The number of rotatable bonds is 6. The molecule has 1 aliphatic carbocycles. The van der Waals surface area contributed by atoms with Crippen LogP contribution in [0.4, 0.5) is 0 Å². The van der Waals surface area contributed by atoms with Crippen LogP contribution < -0.4 is 5.32 Å². The molecule has 0 radical (unpaired) electrons. The van der Waals surface area contributed by atoms with Gasteiger partial charge in [0.05, 0.1) is 0 Å². The molecule has 1 N–H and O–H groups in total. The highest BCUT2D eigenvalue weighted by Gasteiger charge is 2.25. The van der Waals surface area contributed by atoms with E-state index in [2.05, 4.69) is 62.1 Å². The van der Waals surface area contributed by atoms with Crippen molar-refractivity contribution in [2.45, 2.75) is 63.1 Å². The summed E-state index contributed by atoms with van der Waals surface area (Å²) in [6, 6.07) is 9.09. The zero-order valence-corrected chi connectivity index (χ0v) is 14.0. The SMILES string of the molecule is CCCNCc1cccc(SC2CCC(C)C(C)C2)c1. The number of hydrogen-bond donors (Lipinski definition) is 1. The van der Waals surface area contributed by atoms with E-state index < -0.39 is 0 Å². The first kappa shape index (κ1) is 15.9. The van der Waals surface area contributed by atoms with Crippen molar-refractivity contribution in [2.24, 2.45) is 11.8 Å². The smallest absolute Gasteiger partial charge is 0.0205 e. The monoisotopic (exact) mass is 291 g/mol. The third kappa shape index (κ3) is 4.82. The molecule has 0 aliphatic heterocycles. The largest absolute Gasteiger partial charge is 0.313 e. The van der Waals surface area contributed by atoms with Crippen LogP contribution in [0, 0.1) is 11.8 Å². The summed E-state index contributed by atoms with van der Waals surface area (Å²) >= 11 is 2.10. The Bertz CT molecular complexity index is 404. The molecule has 3 unspecified atom stereocenters. The van der Waals surface area contributed by atoms with Crippen molar-refractivity contribution in [2.75, 3.05) is 6.54 Å². The molecule has 0 amide bonds. The molecule has 0 spiro atoms. The zero-order chi connectivity index (χ0) is 14.4. The van der Waals surface area contributed by atoms with Crippen molar-refractivity contribution in [1.29, 1.82) is 0 Å². The molecular weight excluding hydrogens is 262 g/mol. The van der Waals surface area contributed by atoms with Gasteiger partial charge in [-0.3, -0.25) is 0 Å². The second kappa shape index (κ2) is 8.09. The quantitative estimate of drug-likeness (QED) is 0.732. The van der Waals surface area contributed by atoms with E-state index >= 15 is 0 Å². The standard InChI is InChI=1S/C18H29NS/c1-4-10-19-13-16-6-5-7-17(12-16)20-18-9-8-14(2)15(3)11-18/h5-7,12,14-15,18-19H,4,8-11,13H2,1-3H3. The minimum atomic E-state index is 0.819. The van der Waals surface area contributed by atoms with Crippen LogP contribution in [0.1, 0.15) is 52.0 Å². The second-order valence-electron chi connectivity index (χ2n) is 6.33. The Kier molecular flexibility index (Phi) is 6.44. The molecule has 2 heteroatoms. The molecule has 0 bridgehead atoms. The predicted molar refractivity (Wildman–Crippen MR) is 90.3 cm³/mol. The second-order valence-corrected chi connectivity index (χ2v) is 7.71. The van der Waals surface area contributed by atoms with E-state index in [0.717, 1.165) is 30.2 Å². The molecule has 0 heterocycles. The minimum Gasteiger partial charge on any atom is -0.313 e. The Labute approximate surface area is 128 Å². The van der Waals surface area contributed by atoms with Gasteiger partial charge in [0, 0.05) is 16.7 Å². The molecule has 1 aromatic rings. The van der Waals surface area contributed by atoms with Crippen molar-refractivity contribution in [3.05, 3.63) is 29.8 Å². The molecule has 112 valence electrons. The summed E-state index contributed by atoms with van der Waals surface area (Å²) in [5.41, 5.74) is 1.42. The Morgan fingerprint density at radius 2 is 2.05 bits per heavy atom. The molecule has 0 saturated heterocycles. The maximum Gasteiger partial charge on any atom is 0.0205 e. The van der Waals surface area contributed by atoms with Crippen LogP contribution in [-0.2, 0) is 6.54 Å². The fourth-order valence-electron chi connectivity index (χ4n) is 2.94. The summed E-state index contributed by atoms with van der Waals surface area (Å²) in [6.45, 7) is 9.15. The van der Waals surface area contributed by atoms with Crippen molar-refractivity contribution in [3.8, 4) is 0 Å². The van der Waals surface area contributed by atoms with Crippen LogP contribution in [0.15, 0.2) is 29.2 Å². The first-order valence-corrected chi connectivity index (χ1v) is 9.03. The lowest BCUT2D eigenvalue weighted by molar-refractivity contribution is 0.283. The van der Waals surface area contributed by atoms with Crippen LogP contribution in [0.2, 0.25) is 0 Å². The molecule has 20 heavy (non-hydrogen) atoms. The number of nitrogens with one attached hydrogen (secondary N) is 1. The zero-order valence-electron chi connectivity index (χ0n) is 13.2. The van der Waals surface area contributed by atoms with E-state index in [1.807, 2.05) is 0 Å². The van der Waals surface area contributed by atoms with Gasteiger partial charge >= 0.3 is 0 Å². The number of hydrogen-bond acceptors (Lipinski definition) is 2. The van der Waals surface area contributed by atoms with Crippen molar-refractivity contribution in [3.63, 3.8) is 0 Å². The van der Waals surface area contributed by atoms with Crippen LogP contribution >= 0.6 is 11.8 Å². The van der Waals surface area contributed by atoms with Crippen LogP contribution in [0.25, 0.3) is 0 Å². The Hall–Kier alpha value is -0.470. The molecular formula is C18H29NS. The predicted octanol–water partition coefficient (Wildman–Crippen LogP) is 5.10. The van der Waals surface area contributed by atoms with Crippen molar-refractivity contribution < 1.29 is 0 Å². The molecule has 1 nitrogen and oxygen atoms in total. The van der Waals surface area contributed by atoms with E-state index in [0.29, 0.717) is 0 Å². The van der Waals surface area contributed by atoms with Gasteiger partial charge in [-0.15, -0.1) is 11.8 Å². The van der Waals surface area contributed by atoms with E-state index in [-0.39, 0.29) is 0 Å². The van der Waals surface area contributed by atoms with Gasteiger partial charge in [-0.05, 0) is 61.8 Å². The van der Waals surface area contributed by atoms with Gasteiger partial charge in [0.1, 0.15) is 0 Å². The first-order valence-electron chi connectivity index (χ1n) is 8.15. The van der Waals surface area contributed by atoms with Gasteiger partial charge in [0.2, 0.25) is 0 Å². The summed E-state index contributed by atoms with van der Waals surface area (Å²) in [5.74, 6) is 1.80. The average molecular weight is 292 g/mol. The Morgan fingerprint density at radius 3 is 2.80 bits per heavy atom. The van der Waals surface area contributed by atoms with Crippen molar-refractivity contribution in [1.82, 2.24) is 5.32 Å². The fourth-order valence-corrected chi connectivity index (χ4v) is 4.35. The molecule has 0 aromatic heterocycles. The van der Waals surface area contributed by atoms with Gasteiger partial charge in [-0.2, -0.15) is 0 Å². The lowest BCUT2D eigenvalue weighted by atomic mass is 9.81. The lowest BCUT2D eigenvalue weighted by Crippen LogP contribution is -2.22. The van der Waals surface area contributed by atoms with Gasteiger partial charge < -0.3 is 5.32 Å². The average Bonchev–Trinajstić information content (AvgIpc) is 2.44. The normalized spacial score (nSPS) is 26.6. The van der Waals surface area contributed by atoms with Gasteiger partial charge in [-0.1, -0.05) is 32.9 Å². The molecule has 3 atom stereocenters. The number of thioether (sulfide) groups is 1. The summed E-state index contributed by atoms with van der Waals surface area (Å²) in [4.78, 5) is 1.45. The fraction of sp³-hybridized carbons (Fsp3) is 0.667. The Morgan fingerprint density at radius 1 is 1.20 bits per heavy atom. The highest BCUT2D eigenvalue weighted by Crippen LogP contribution is 2.38. The summed E-state index contributed by atoms with van der Waals surface area (Å²) in [6.07, 6.45) is 5.36. The molecule has 1 aliphatic rings. The third-order valence-corrected chi connectivity index (χ3v) is 5.79. The summed E-state index contributed by atoms with van der Waals surface area (Å²) in [7, 11) is 0. The van der Waals surface area contributed by atoms with Gasteiger partial charge in [-0.25, -0.2) is 0 Å². The topological polar surface area (TPSA) is 12.0 Å². The summed E-state index contributed by atoms with van der Waals surface area (Å²) in [5, 5.41) is 4.31. The van der Waals surface area contributed by atoms with Gasteiger partial charge in [0.15, 0.2) is 0 Å².